The molecule has 0 spiro atoms. The maximum Gasteiger partial charge on any atom is 0.291 e. The van der Waals surface area contributed by atoms with Crippen molar-refractivity contribution in [1.82, 2.24) is 20.2 Å². The van der Waals surface area contributed by atoms with Gasteiger partial charge in [0.25, 0.3) is 11.8 Å². The van der Waals surface area contributed by atoms with Crippen molar-refractivity contribution in [3.63, 3.8) is 0 Å². The van der Waals surface area contributed by atoms with E-state index in [0.29, 0.717) is 11.7 Å². The van der Waals surface area contributed by atoms with Crippen LogP contribution in [0, 0.1) is 23.0 Å². The number of nitriles is 1. The maximum atomic E-state index is 14.7. The number of hydrogen-bond acceptors (Lipinski definition) is 6. The fourth-order valence-electron chi connectivity index (χ4n) is 4.56. The highest BCUT2D eigenvalue weighted by Crippen LogP contribution is 2.30. The summed E-state index contributed by atoms with van der Waals surface area (Å²) >= 11 is 6.38. The van der Waals surface area contributed by atoms with Crippen LogP contribution >= 0.6 is 11.6 Å². The van der Waals surface area contributed by atoms with Gasteiger partial charge in [-0.15, -0.1) is 0 Å². The Bertz CT molecular complexity index is 1520. The molecule has 3 aromatic rings. The second-order valence-electron chi connectivity index (χ2n) is 11.2. The lowest BCUT2D eigenvalue weighted by Gasteiger charge is -2.37. The first-order valence-electron chi connectivity index (χ1n) is 13.3. The van der Waals surface area contributed by atoms with Crippen LogP contribution in [0.4, 0.5) is 14.5 Å². The molecule has 2 aromatic carbocycles. The van der Waals surface area contributed by atoms with Gasteiger partial charge in [0.1, 0.15) is 6.07 Å². The first kappa shape index (κ1) is 30.9. The second kappa shape index (κ2) is 12.9. The predicted molar refractivity (Wildman–Crippen MR) is 154 cm³/mol. The van der Waals surface area contributed by atoms with Crippen LogP contribution in [-0.4, -0.2) is 78.8 Å². The third-order valence-electron chi connectivity index (χ3n) is 6.97. The Morgan fingerprint density at radius 2 is 1.88 bits per heavy atom. The molecule has 0 atom stereocenters. The lowest BCUT2D eigenvalue weighted by atomic mass is 9.86. The van der Waals surface area contributed by atoms with E-state index in [1.54, 1.807) is 12.1 Å². The minimum atomic E-state index is -1.25. The number of likely N-dealkylation sites (N-methyl/N-ethyl adjacent to an activating group) is 1. The summed E-state index contributed by atoms with van der Waals surface area (Å²) in [6.45, 7) is 1.49. The number of amides is 2. The molecule has 0 bridgehead atoms. The minimum Gasteiger partial charge on any atom is -0.476 e. The van der Waals surface area contributed by atoms with Gasteiger partial charge in [0.15, 0.2) is 24.0 Å². The zero-order valence-corrected chi connectivity index (χ0v) is 24.6. The van der Waals surface area contributed by atoms with Gasteiger partial charge in [0, 0.05) is 36.9 Å². The van der Waals surface area contributed by atoms with Gasteiger partial charge in [0.05, 0.1) is 50.2 Å². The van der Waals surface area contributed by atoms with Gasteiger partial charge in [0.2, 0.25) is 5.82 Å². The number of ether oxygens (including phenoxy) is 1. The summed E-state index contributed by atoms with van der Waals surface area (Å²) in [4.78, 5) is 29.8. The highest BCUT2D eigenvalue weighted by molar-refractivity contribution is 6.34. The summed E-state index contributed by atoms with van der Waals surface area (Å²) < 4.78 is 36.2. The molecule has 1 aliphatic carbocycles. The molecule has 1 fully saturated rings. The molecule has 0 unspecified atom stereocenters. The summed E-state index contributed by atoms with van der Waals surface area (Å²) in [5.74, 6) is -3.83. The molecule has 0 radical (unpaired) electrons. The van der Waals surface area contributed by atoms with Gasteiger partial charge < -0.3 is 29.7 Å². The third kappa shape index (κ3) is 7.23. The van der Waals surface area contributed by atoms with Crippen molar-refractivity contribution in [2.24, 2.45) is 7.05 Å². The minimum absolute atomic E-state index is 0.0618. The highest BCUT2D eigenvalue weighted by Gasteiger charge is 2.31. The summed E-state index contributed by atoms with van der Waals surface area (Å²) in [6, 6.07) is 9.14. The molecule has 2 amide bonds. The SMILES string of the molecule is Cn1c(-c2ccc(OCC#N)c(F)c2F)cnc1C(=O)Nc1ccc(C(=O)N[C@H]2C[C@@H](NCC[N+](C)(C)C)C2)c(Cl)c1. The van der Waals surface area contributed by atoms with Gasteiger partial charge in [-0.3, -0.25) is 9.59 Å². The number of quaternary nitrogens is 1. The molecule has 1 aliphatic rings. The summed E-state index contributed by atoms with van der Waals surface area (Å²) in [7, 11) is 7.92. The number of halogens is 3. The van der Waals surface area contributed by atoms with Crippen molar-refractivity contribution in [3.05, 3.63) is 64.6 Å². The molecule has 1 saturated carbocycles. The number of imidazole rings is 1. The van der Waals surface area contributed by atoms with Crippen molar-refractivity contribution in [3.8, 4) is 23.1 Å². The Balaban J connectivity index is 1.35. The lowest BCUT2D eigenvalue weighted by Crippen LogP contribution is -2.54. The van der Waals surface area contributed by atoms with E-state index in [2.05, 4.69) is 42.1 Å². The Morgan fingerprint density at radius 1 is 1.14 bits per heavy atom. The van der Waals surface area contributed by atoms with Gasteiger partial charge in [-0.05, 0) is 43.2 Å². The number of anilines is 1. The van der Waals surface area contributed by atoms with E-state index >= 15 is 0 Å². The van der Waals surface area contributed by atoms with E-state index in [-0.39, 0.29) is 39.6 Å². The van der Waals surface area contributed by atoms with Crippen LogP contribution in [0.25, 0.3) is 11.3 Å². The van der Waals surface area contributed by atoms with Gasteiger partial charge in [-0.1, -0.05) is 11.6 Å². The molecule has 42 heavy (non-hydrogen) atoms. The van der Waals surface area contributed by atoms with Crippen molar-refractivity contribution in [2.45, 2.75) is 24.9 Å². The van der Waals surface area contributed by atoms with Crippen LogP contribution in [0.2, 0.25) is 5.02 Å². The molecular weight excluding hydrogens is 568 g/mol. The van der Waals surface area contributed by atoms with E-state index in [1.807, 2.05) is 0 Å². The quantitative estimate of drug-likeness (QED) is 0.289. The standard InChI is InChI=1S/C29H32ClF2N7O3/c1-38-23(21-7-8-24(42-12-9-33)26(32)25(21)31)16-35-27(38)29(41)36-17-5-6-20(22(30)15-17)28(40)37-19-13-18(14-19)34-10-11-39(2,3)4/h5-8,15-16,18-19,34H,10-14H2,1-4H3,(H-,36,37,40,41)/p+1/t18-,19+. The number of carbonyl (C=O) groups is 2. The molecule has 13 heteroatoms. The van der Waals surface area contributed by atoms with Crippen molar-refractivity contribution < 1.29 is 27.6 Å². The number of nitrogens with zero attached hydrogens (tertiary/aromatic N) is 4. The van der Waals surface area contributed by atoms with Crippen LogP contribution in [0.5, 0.6) is 5.75 Å². The Kier molecular flexibility index (Phi) is 9.46. The topological polar surface area (TPSA) is 121 Å². The first-order valence-corrected chi connectivity index (χ1v) is 13.7. The van der Waals surface area contributed by atoms with Crippen LogP contribution in [0.1, 0.15) is 33.8 Å². The van der Waals surface area contributed by atoms with Gasteiger partial charge >= 0.3 is 0 Å². The number of benzene rings is 2. The average Bonchev–Trinajstić information content (AvgIpc) is 3.28. The van der Waals surface area contributed by atoms with E-state index in [9.17, 15) is 18.4 Å². The summed E-state index contributed by atoms with van der Waals surface area (Å²) in [6.07, 6.45) is 2.93. The van der Waals surface area contributed by atoms with E-state index in [0.717, 1.165) is 30.4 Å². The van der Waals surface area contributed by atoms with Crippen LogP contribution in [-0.2, 0) is 7.05 Å². The Morgan fingerprint density at radius 3 is 2.55 bits per heavy atom. The normalized spacial score (nSPS) is 16.3. The molecule has 4 rings (SSSR count). The second-order valence-corrected chi connectivity index (χ2v) is 11.6. The van der Waals surface area contributed by atoms with E-state index in [4.69, 9.17) is 21.6 Å². The van der Waals surface area contributed by atoms with Crippen molar-refractivity contribution in [1.29, 1.82) is 5.26 Å². The van der Waals surface area contributed by atoms with Crippen LogP contribution in [0.3, 0.4) is 0 Å². The average molecular weight is 601 g/mol. The molecule has 222 valence electrons. The number of nitrogens with one attached hydrogen (secondary N) is 3. The maximum absolute atomic E-state index is 14.7. The fourth-order valence-corrected chi connectivity index (χ4v) is 4.82. The van der Waals surface area contributed by atoms with Crippen LogP contribution < -0.4 is 20.7 Å². The molecule has 0 saturated heterocycles. The summed E-state index contributed by atoms with van der Waals surface area (Å²) in [5, 5.41) is 17.9. The van der Waals surface area contributed by atoms with Crippen molar-refractivity contribution in [2.75, 3.05) is 46.2 Å². The predicted octanol–water partition coefficient (Wildman–Crippen LogP) is 3.73. The Labute approximate surface area is 247 Å². The van der Waals surface area contributed by atoms with E-state index < -0.39 is 29.9 Å². The molecule has 1 aromatic heterocycles. The third-order valence-corrected chi connectivity index (χ3v) is 7.28. The molecule has 0 aliphatic heterocycles. The molecular formula is C29H33ClF2N7O3+. The van der Waals surface area contributed by atoms with E-state index in [1.165, 1.54) is 42.1 Å². The fraction of sp³-hybridized carbons (Fsp3) is 0.379. The molecule has 10 nitrogen and oxygen atoms in total. The number of aromatic nitrogens is 2. The number of hydrogen-bond donors (Lipinski definition) is 3. The number of rotatable bonds is 11. The molecule has 3 N–H and O–H groups in total. The molecule has 1 heterocycles. The van der Waals surface area contributed by atoms with Gasteiger partial charge in [-0.25, -0.2) is 9.37 Å². The monoisotopic (exact) mass is 600 g/mol. The Hall–Kier alpha value is -4.05. The lowest BCUT2D eigenvalue weighted by molar-refractivity contribution is -0.869. The summed E-state index contributed by atoms with van der Waals surface area (Å²) in [5.41, 5.74) is 0.625. The van der Waals surface area contributed by atoms with Crippen molar-refractivity contribution >= 4 is 29.1 Å². The largest absolute Gasteiger partial charge is 0.476 e. The first-order chi connectivity index (χ1) is 19.9. The zero-order valence-electron chi connectivity index (χ0n) is 23.8. The number of carbonyl (C=O) groups excluding carboxylic acids is 2. The smallest absolute Gasteiger partial charge is 0.291 e. The highest BCUT2D eigenvalue weighted by atomic mass is 35.5. The van der Waals surface area contributed by atoms with Crippen LogP contribution in [0.15, 0.2) is 36.5 Å². The van der Waals surface area contributed by atoms with Gasteiger partial charge in [-0.2, -0.15) is 9.65 Å². The zero-order chi connectivity index (χ0) is 30.6.